The molecule has 0 saturated heterocycles. The van der Waals surface area contributed by atoms with E-state index in [0.717, 1.165) is 0 Å². The molecule has 6 aromatic carbocycles. The molecule has 28 heteroatoms. The zero-order valence-corrected chi connectivity index (χ0v) is 29.0. The molecule has 0 amide bonds. The van der Waals surface area contributed by atoms with Gasteiger partial charge >= 0.3 is 0 Å². The molecule has 0 spiro atoms. The molecule has 64 heavy (non-hydrogen) atoms. The lowest BCUT2D eigenvalue weighted by molar-refractivity contribution is 0.379. The van der Waals surface area contributed by atoms with Gasteiger partial charge in [0.25, 0.3) is 0 Å². The summed E-state index contributed by atoms with van der Waals surface area (Å²) in [6.07, 6.45) is 0. The minimum Gasteiger partial charge on any atom is -0.204 e. The number of rotatable bonds is 3. The smallest absolute Gasteiger partial charge is 0.200 e. The molecule has 0 aliphatic heterocycles. The van der Waals surface area contributed by atoms with Crippen LogP contribution >= 0.6 is 0 Å². The van der Waals surface area contributed by atoms with Gasteiger partial charge in [-0.2, -0.15) is 0 Å². The highest BCUT2D eigenvalue weighted by Gasteiger charge is 2.34. The zero-order valence-electron chi connectivity index (χ0n) is 29.0. The molecular weight excluding hydrogens is 956 g/mol. The van der Waals surface area contributed by atoms with Crippen LogP contribution in [0, 0.1) is 157 Å². The van der Waals surface area contributed by atoms with Gasteiger partial charge in [0.15, 0.2) is 140 Å². The van der Waals surface area contributed by atoms with E-state index >= 15 is 0 Å². The maximum Gasteiger partial charge on any atom is 0.200 e. The topological polar surface area (TPSA) is 0 Å². The third-order valence-electron chi connectivity index (χ3n) is 7.75. The van der Waals surface area contributed by atoms with E-state index in [2.05, 4.69) is 0 Å². The quantitative estimate of drug-likeness (QED) is 0.0718. The van der Waals surface area contributed by atoms with Crippen molar-refractivity contribution in [3.8, 4) is 33.4 Å². The van der Waals surface area contributed by atoms with Gasteiger partial charge in [-0.1, -0.05) is 0 Å². The molecule has 339 valence electrons. The van der Waals surface area contributed by atoms with Crippen molar-refractivity contribution in [2.45, 2.75) is 0 Å². The summed E-state index contributed by atoms with van der Waals surface area (Å²) in [6, 6.07) is -0.649. The predicted molar refractivity (Wildman–Crippen MR) is 160 cm³/mol. The van der Waals surface area contributed by atoms with Gasteiger partial charge in [-0.05, 0) is 18.2 Å². The van der Waals surface area contributed by atoms with E-state index in [-0.39, 0.29) is 26.6 Å². The van der Waals surface area contributed by atoms with Crippen LogP contribution < -0.4 is 0 Å². The van der Waals surface area contributed by atoms with E-state index in [9.17, 15) is 119 Å². The maximum absolute atomic E-state index is 13.4. The van der Waals surface area contributed by atoms with E-state index in [1.54, 1.807) is 0 Å². The van der Waals surface area contributed by atoms with Crippen LogP contribution in [0.15, 0.2) is 18.2 Å². The van der Waals surface area contributed by atoms with E-state index in [1.165, 1.54) is 0 Å². The van der Waals surface area contributed by atoms with Crippen molar-refractivity contribution < 1.29 is 119 Å². The first-order chi connectivity index (χ1) is 29.0. The van der Waals surface area contributed by atoms with Crippen LogP contribution in [0.25, 0.3) is 33.4 Å². The standard InChI is InChI=1S/3C12HF9.B/c3*13-3-1-2(5(14)9(18)6(3)15)4-7(16)10(19)12(21)11(20)8(4)17;/h3*1H;. The molecule has 0 aliphatic rings. The van der Waals surface area contributed by atoms with Crippen LogP contribution in [0.2, 0.25) is 0 Å². The first-order valence-corrected chi connectivity index (χ1v) is 15.1. The van der Waals surface area contributed by atoms with Gasteiger partial charge in [-0.25, -0.2) is 119 Å². The van der Waals surface area contributed by atoms with Crippen molar-refractivity contribution in [2.75, 3.05) is 0 Å². The predicted octanol–water partition coefficient (Wildman–Crippen LogP) is 13.4. The molecule has 0 fully saturated rings. The summed E-state index contributed by atoms with van der Waals surface area (Å²) in [7, 11) is 0. The molecule has 0 unspecified atom stereocenters. The molecule has 0 aromatic heterocycles. The minimum absolute atomic E-state index is 0. The molecule has 3 radical (unpaired) electrons. The molecule has 0 bridgehead atoms. The van der Waals surface area contributed by atoms with E-state index in [0.29, 0.717) is 0 Å². The van der Waals surface area contributed by atoms with Crippen molar-refractivity contribution >= 4 is 8.41 Å². The Morgan fingerprint density at radius 1 is 0.156 bits per heavy atom. The van der Waals surface area contributed by atoms with Crippen LogP contribution in [0.4, 0.5) is 119 Å². The van der Waals surface area contributed by atoms with E-state index in [4.69, 9.17) is 0 Å². The van der Waals surface area contributed by atoms with Gasteiger partial charge in [-0.3, -0.25) is 0 Å². The van der Waals surface area contributed by atoms with Crippen molar-refractivity contribution in [2.24, 2.45) is 0 Å². The van der Waals surface area contributed by atoms with Crippen molar-refractivity contribution in [3.63, 3.8) is 0 Å². The number of benzene rings is 6. The largest absolute Gasteiger partial charge is 0.204 e. The monoisotopic (exact) mass is 959 g/mol. The third kappa shape index (κ3) is 8.72. The van der Waals surface area contributed by atoms with Crippen molar-refractivity contribution in [1.29, 1.82) is 0 Å². The van der Waals surface area contributed by atoms with Gasteiger partial charge in [0.05, 0.1) is 16.7 Å². The maximum atomic E-state index is 13.4. The highest BCUT2D eigenvalue weighted by molar-refractivity contribution is 5.75. The molecule has 0 nitrogen and oxygen atoms in total. The molecule has 0 aliphatic carbocycles. The lowest BCUT2D eigenvalue weighted by Gasteiger charge is -2.10. The van der Waals surface area contributed by atoms with Crippen molar-refractivity contribution in [3.05, 3.63) is 175 Å². The summed E-state index contributed by atoms with van der Waals surface area (Å²) in [5.74, 6) is -64.5. The Kier molecular flexibility index (Phi) is 15.5. The Labute approximate surface area is 336 Å². The molecule has 6 aromatic rings. The van der Waals surface area contributed by atoms with Gasteiger partial charge in [0.1, 0.15) is 0 Å². The first kappa shape index (κ1) is 51.8. The van der Waals surface area contributed by atoms with Gasteiger partial charge in [-0.15, -0.1) is 0 Å². The zero-order chi connectivity index (χ0) is 48.2. The fourth-order valence-corrected chi connectivity index (χ4v) is 4.79. The fourth-order valence-electron chi connectivity index (χ4n) is 4.79. The molecule has 0 atom stereocenters. The second kappa shape index (κ2) is 19.1. The summed E-state index contributed by atoms with van der Waals surface area (Å²) in [5.41, 5.74) is -10.6. The average Bonchev–Trinajstić information content (AvgIpc) is 3.25. The second-order valence-electron chi connectivity index (χ2n) is 11.4. The van der Waals surface area contributed by atoms with Crippen LogP contribution in [0.1, 0.15) is 0 Å². The van der Waals surface area contributed by atoms with Gasteiger partial charge in [0, 0.05) is 25.1 Å². The Balaban J connectivity index is 0.000000253. The summed E-state index contributed by atoms with van der Waals surface area (Å²) in [5, 5.41) is 0. The molecular formula is C36H3BF27. The molecule has 0 saturated carbocycles. The molecule has 6 rings (SSSR count). The van der Waals surface area contributed by atoms with Crippen LogP contribution in [0.5, 0.6) is 0 Å². The number of hydrogen-bond acceptors (Lipinski definition) is 0. The normalized spacial score (nSPS) is 10.9. The number of halogens is 27. The Morgan fingerprint density at radius 2 is 0.281 bits per heavy atom. The van der Waals surface area contributed by atoms with Crippen LogP contribution in [-0.4, -0.2) is 8.41 Å². The van der Waals surface area contributed by atoms with Gasteiger partial charge < -0.3 is 0 Å². The fraction of sp³-hybridized carbons (Fsp3) is 0. The third-order valence-corrected chi connectivity index (χ3v) is 7.75. The minimum atomic E-state index is -2.53. The Bertz CT molecular complexity index is 2480. The highest BCUT2D eigenvalue weighted by Crippen LogP contribution is 2.38. The summed E-state index contributed by atoms with van der Waals surface area (Å²) in [4.78, 5) is 0. The Morgan fingerprint density at radius 3 is 0.438 bits per heavy atom. The first-order valence-electron chi connectivity index (χ1n) is 15.1. The number of hydrogen-bond donors (Lipinski definition) is 0. The van der Waals surface area contributed by atoms with Crippen LogP contribution in [-0.2, 0) is 0 Å². The van der Waals surface area contributed by atoms with Crippen molar-refractivity contribution in [1.82, 2.24) is 0 Å². The molecule has 0 N–H and O–H groups in total. The average molecular weight is 959 g/mol. The SMILES string of the molecule is Fc1cc(-c2c(F)c(F)c(F)c(F)c2F)c(F)c(F)c1F.Fc1cc(-c2c(F)c(F)c(F)c(F)c2F)c(F)c(F)c1F.Fc1cc(-c2c(F)c(F)c(F)c(F)c2F)c(F)c(F)c1F.[B]. The van der Waals surface area contributed by atoms with Crippen LogP contribution in [0.3, 0.4) is 0 Å². The lowest BCUT2D eigenvalue weighted by atomic mass is 10.0. The summed E-state index contributed by atoms with van der Waals surface area (Å²) in [6.45, 7) is 0. The van der Waals surface area contributed by atoms with E-state index < -0.39 is 190 Å². The highest BCUT2D eigenvalue weighted by atomic mass is 19.2. The lowest BCUT2D eigenvalue weighted by Crippen LogP contribution is -2.07. The Hall–Kier alpha value is -6.51. The summed E-state index contributed by atoms with van der Waals surface area (Å²) < 4.78 is 353. The molecule has 0 heterocycles. The summed E-state index contributed by atoms with van der Waals surface area (Å²) >= 11 is 0. The van der Waals surface area contributed by atoms with Gasteiger partial charge in [0.2, 0.25) is 17.5 Å². The van der Waals surface area contributed by atoms with E-state index in [1.807, 2.05) is 0 Å². The second-order valence-corrected chi connectivity index (χ2v) is 11.4.